The van der Waals surface area contributed by atoms with Gasteiger partial charge in [-0.25, -0.2) is 9.59 Å². The predicted molar refractivity (Wildman–Crippen MR) is 186 cm³/mol. The number of hydrogen-bond donors (Lipinski definition) is 5. The second kappa shape index (κ2) is 25.8. The molecule has 46 heavy (non-hydrogen) atoms. The molecule has 0 unspecified atom stereocenters. The Balaban J connectivity index is 0. The fraction of sp³-hybridized carbons (Fsp3) is 0.400. The van der Waals surface area contributed by atoms with Gasteiger partial charge in [-0.3, -0.25) is 19.2 Å². The Bertz CT molecular complexity index is 1290. The van der Waals surface area contributed by atoms with E-state index in [0.29, 0.717) is 6.42 Å². The third kappa shape index (κ3) is 18.6. The number of carbonyl (C=O) groups excluding carboxylic acids is 4. The summed E-state index contributed by atoms with van der Waals surface area (Å²) in [5, 5.41) is 21.5. The minimum atomic E-state index is -1.29. The molecule has 0 heterocycles. The lowest BCUT2D eigenvalue weighted by Gasteiger charge is -2.16. The number of ketones is 3. The highest BCUT2D eigenvalue weighted by molar-refractivity contribution is 8.40. The number of carbonyl (C=O) groups is 6. The smallest absolute Gasteiger partial charge is 0.407 e. The molecule has 0 spiro atoms. The fourth-order valence-electron chi connectivity index (χ4n) is 4.01. The van der Waals surface area contributed by atoms with E-state index >= 15 is 0 Å². The molecule has 2 aromatic carbocycles. The second-order valence-electron chi connectivity index (χ2n) is 9.31. The van der Waals surface area contributed by atoms with E-state index in [0.717, 1.165) is 43.3 Å². The van der Waals surface area contributed by atoms with Crippen molar-refractivity contribution in [3.05, 3.63) is 59.7 Å². The Morgan fingerprint density at radius 1 is 0.804 bits per heavy atom. The Morgan fingerprint density at radius 2 is 1.20 bits per heavy atom. The van der Waals surface area contributed by atoms with Crippen molar-refractivity contribution in [2.45, 2.75) is 58.5 Å². The van der Waals surface area contributed by atoms with Gasteiger partial charge in [0.05, 0.1) is 6.04 Å². The zero-order valence-electron chi connectivity index (χ0n) is 26.5. The monoisotopic (exact) mass is 713 g/mol. The van der Waals surface area contributed by atoms with Crippen LogP contribution in [0.1, 0.15) is 57.6 Å². The number of hydrogen-bond acceptors (Lipinski definition) is 11. The van der Waals surface area contributed by atoms with Gasteiger partial charge in [0.25, 0.3) is 5.97 Å². The molecule has 6 N–H and O–H groups in total. The molecule has 0 saturated heterocycles. The fourth-order valence-corrected chi connectivity index (χ4v) is 4.01. The number of carboxylic acids is 2. The molecule has 16 heteroatoms. The van der Waals surface area contributed by atoms with Crippen LogP contribution >= 0.6 is 14.1 Å². The standard InChI is InChI=1S/C20H19NO5.C7H13NO2.C2H4O2.CH5N.P2S2/c1-12(22)10-18(19(23)24)21-20(25)26-11-17-15-8-4-2-6-13(15)14-7-3-5-9-16(14)17;1-5(9)4-7(8-3)6(2)10;1-2(3)4;1-2;3-1-2-4/h2-9,17-18H,10-11H2,1H3,(H,21,25)(H,23,24);7-8H,4H2,1-3H3;1H3,(H,3,4);2H2,1H3;/t18-;7-;;;/m10.../s1. The number of ether oxygens (including phenoxy) is 1. The number of nitrogens with two attached hydrogens (primary N) is 1. The number of likely N-dealkylation sites (N-methyl/N-ethyl adjacent to an activating group) is 1. The van der Waals surface area contributed by atoms with Gasteiger partial charge >= 0.3 is 12.1 Å². The first-order valence-electron chi connectivity index (χ1n) is 13.6. The second-order valence-corrected chi connectivity index (χ2v) is 13.6. The van der Waals surface area contributed by atoms with Crippen LogP contribution < -0.4 is 16.4 Å². The number of aliphatic carboxylic acids is 2. The minimum Gasteiger partial charge on any atom is -0.481 e. The minimum absolute atomic E-state index is 0.0118. The third-order valence-electron chi connectivity index (χ3n) is 5.79. The maximum atomic E-state index is 12.0. The van der Waals surface area contributed by atoms with Crippen LogP contribution in [-0.2, 0) is 52.3 Å². The molecule has 2 aromatic rings. The summed E-state index contributed by atoms with van der Waals surface area (Å²) >= 11 is 8.82. The zero-order chi connectivity index (χ0) is 35.8. The Kier molecular flexibility index (Phi) is 25.1. The largest absolute Gasteiger partial charge is 0.481 e. The van der Waals surface area contributed by atoms with Crippen molar-refractivity contribution in [3.8, 4) is 11.1 Å². The van der Waals surface area contributed by atoms with Gasteiger partial charge in [-0.05, 0) is 80.7 Å². The summed E-state index contributed by atoms with van der Waals surface area (Å²) in [6.07, 6.45) is -0.828. The molecule has 2 atom stereocenters. The summed E-state index contributed by atoms with van der Waals surface area (Å²) in [7, 11) is 4.91. The van der Waals surface area contributed by atoms with Crippen molar-refractivity contribution >= 4 is 73.1 Å². The van der Waals surface area contributed by atoms with E-state index in [-0.39, 0.29) is 42.3 Å². The number of Topliss-reactive ketones (excluding diaryl/α,β-unsaturated/α-hetero) is 3. The molecule has 3 rings (SSSR count). The molecule has 1 aliphatic carbocycles. The predicted octanol–water partition coefficient (Wildman–Crippen LogP) is 4.48. The number of nitrogens with one attached hydrogen (secondary N) is 2. The van der Waals surface area contributed by atoms with Gasteiger partial charge in [0.1, 0.15) is 30.0 Å². The highest BCUT2D eigenvalue weighted by atomic mass is 32.7. The van der Waals surface area contributed by atoms with Crippen molar-refractivity contribution in [2.24, 2.45) is 5.73 Å². The molecule has 12 nitrogen and oxygen atoms in total. The highest BCUT2D eigenvalue weighted by Crippen LogP contribution is 2.44. The number of carboxylic acid groups (broad SMARTS) is 2. The van der Waals surface area contributed by atoms with Crippen molar-refractivity contribution in [1.82, 2.24) is 10.6 Å². The lowest BCUT2D eigenvalue weighted by molar-refractivity contribution is -0.141. The van der Waals surface area contributed by atoms with Crippen LogP contribution in [0.4, 0.5) is 4.79 Å². The topological polar surface area (TPSA) is 202 Å². The van der Waals surface area contributed by atoms with Gasteiger partial charge in [-0.1, -0.05) is 48.5 Å². The molecule has 0 fully saturated rings. The number of rotatable bonds is 11. The van der Waals surface area contributed by atoms with Crippen LogP contribution in [0.3, 0.4) is 0 Å². The maximum absolute atomic E-state index is 12.0. The van der Waals surface area contributed by atoms with Crippen LogP contribution in [0.25, 0.3) is 11.1 Å². The molecule has 252 valence electrons. The summed E-state index contributed by atoms with van der Waals surface area (Å²) in [6.45, 7) is 5.40. The maximum Gasteiger partial charge on any atom is 0.407 e. The van der Waals surface area contributed by atoms with Gasteiger partial charge in [0.15, 0.2) is 0 Å². The first kappa shape index (κ1) is 44.7. The molecular weight excluding hydrogens is 672 g/mol. The lowest BCUT2D eigenvalue weighted by Crippen LogP contribution is -2.42. The van der Waals surface area contributed by atoms with Crippen molar-refractivity contribution < 1.29 is 43.7 Å². The summed E-state index contributed by atoms with van der Waals surface area (Å²) < 4.78 is 5.28. The van der Waals surface area contributed by atoms with E-state index in [1.807, 2.05) is 48.5 Å². The molecule has 1 amide bonds. The van der Waals surface area contributed by atoms with Crippen molar-refractivity contribution in [3.63, 3.8) is 0 Å². The number of amides is 1. The van der Waals surface area contributed by atoms with E-state index in [4.69, 9.17) is 19.7 Å². The van der Waals surface area contributed by atoms with Gasteiger partial charge in [-0.15, -0.1) is 0 Å². The SMILES string of the molecule is CC(=O)C[C@@H](NC(=O)OCC1c2ccccc2-c2ccccc21)C(=O)O.CC(=O)O.CN.CN[C@@H](CC(C)=O)C(C)=O.S=PP=S. The zero-order valence-corrected chi connectivity index (χ0v) is 29.9. The lowest BCUT2D eigenvalue weighted by atomic mass is 9.98. The van der Waals surface area contributed by atoms with Gasteiger partial charge in [-0.2, -0.15) is 0 Å². The number of alkyl carbamates (subject to hydrolysis) is 1. The molecule has 1 aliphatic rings. The van der Waals surface area contributed by atoms with Crippen LogP contribution in [-0.4, -0.2) is 78.4 Å². The van der Waals surface area contributed by atoms with Crippen LogP contribution in [0.2, 0.25) is 0 Å². The molecular formula is C30H41N3O9P2S2. The summed E-state index contributed by atoms with van der Waals surface area (Å²) in [5.74, 6) is -2.48. The number of benzene rings is 2. The first-order chi connectivity index (χ1) is 21.7. The van der Waals surface area contributed by atoms with Crippen molar-refractivity contribution in [1.29, 1.82) is 0 Å². The van der Waals surface area contributed by atoms with Crippen LogP contribution in [0.15, 0.2) is 48.5 Å². The highest BCUT2D eigenvalue weighted by Gasteiger charge is 2.30. The molecule has 0 radical (unpaired) electrons. The molecule has 0 aromatic heterocycles. The van der Waals surface area contributed by atoms with E-state index in [2.05, 4.69) is 40.0 Å². The van der Waals surface area contributed by atoms with E-state index in [1.165, 1.54) is 27.8 Å². The van der Waals surface area contributed by atoms with E-state index < -0.39 is 24.1 Å². The van der Waals surface area contributed by atoms with Gasteiger partial charge in [0, 0.05) is 39.8 Å². The Morgan fingerprint density at radius 3 is 1.50 bits per heavy atom. The molecule has 0 aliphatic heterocycles. The average Bonchev–Trinajstić information content (AvgIpc) is 3.32. The van der Waals surface area contributed by atoms with Crippen LogP contribution in [0, 0.1) is 0 Å². The Labute approximate surface area is 282 Å². The number of fused-ring (bicyclic) bond motifs is 3. The van der Waals surface area contributed by atoms with Gasteiger partial charge in [0.2, 0.25) is 0 Å². The third-order valence-corrected chi connectivity index (χ3v) is 8.46. The van der Waals surface area contributed by atoms with E-state index in [9.17, 15) is 24.0 Å². The molecule has 0 bridgehead atoms. The average molecular weight is 714 g/mol. The quantitative estimate of drug-likeness (QED) is 0.204. The van der Waals surface area contributed by atoms with Gasteiger partial charge < -0.3 is 31.3 Å². The van der Waals surface area contributed by atoms with Crippen LogP contribution in [0.5, 0.6) is 0 Å². The molecule has 0 saturated carbocycles. The summed E-state index contributed by atoms with van der Waals surface area (Å²) in [4.78, 5) is 64.5. The van der Waals surface area contributed by atoms with E-state index in [1.54, 1.807) is 7.05 Å². The Hall–Kier alpha value is -3.38. The summed E-state index contributed by atoms with van der Waals surface area (Å²) in [6, 6.07) is 14.3. The van der Waals surface area contributed by atoms with Crippen molar-refractivity contribution in [2.75, 3.05) is 20.7 Å². The summed E-state index contributed by atoms with van der Waals surface area (Å²) in [5.41, 5.74) is 8.86. The normalized spacial score (nSPS) is 11.8. The first-order valence-corrected chi connectivity index (χ1v) is 18.1.